The van der Waals surface area contributed by atoms with Gasteiger partial charge in [-0.15, -0.1) is 0 Å². The SMILES string of the molecule is CC1CCC1(C(=O)OC(C)(C)C(=O)OC1CCOC1=O)C(C)(C)C. The maximum atomic E-state index is 12.9. The molecule has 2 fully saturated rings. The number of carbonyl (C=O) groups is 3. The Morgan fingerprint density at radius 3 is 2.17 bits per heavy atom. The summed E-state index contributed by atoms with van der Waals surface area (Å²) in [5.41, 5.74) is -2.32. The standard InChI is InChI=1S/C18H28O6/c1-11-7-9-18(11,16(2,3)4)15(21)24-17(5,6)14(20)23-12-8-10-22-13(12)19/h11-12H,7-10H2,1-6H3. The van der Waals surface area contributed by atoms with Crippen molar-refractivity contribution in [1.29, 1.82) is 0 Å². The molecule has 3 atom stereocenters. The molecule has 24 heavy (non-hydrogen) atoms. The number of ether oxygens (including phenoxy) is 3. The van der Waals surface area contributed by atoms with Gasteiger partial charge in [0.1, 0.15) is 0 Å². The van der Waals surface area contributed by atoms with Crippen molar-refractivity contribution in [1.82, 2.24) is 0 Å². The highest BCUT2D eigenvalue weighted by atomic mass is 16.6. The molecule has 0 aromatic heterocycles. The first-order valence-corrected chi connectivity index (χ1v) is 8.53. The van der Waals surface area contributed by atoms with Crippen LogP contribution in [0.15, 0.2) is 0 Å². The third kappa shape index (κ3) is 3.03. The summed E-state index contributed by atoms with van der Waals surface area (Å²) in [5, 5.41) is 0. The summed E-state index contributed by atoms with van der Waals surface area (Å²) >= 11 is 0. The number of hydrogen-bond acceptors (Lipinski definition) is 6. The largest absolute Gasteiger partial charge is 0.463 e. The second kappa shape index (κ2) is 6.05. The van der Waals surface area contributed by atoms with E-state index in [-0.39, 0.29) is 23.9 Å². The summed E-state index contributed by atoms with van der Waals surface area (Å²) in [5.74, 6) is -1.45. The average molecular weight is 340 g/mol. The van der Waals surface area contributed by atoms with E-state index in [0.29, 0.717) is 6.42 Å². The van der Waals surface area contributed by atoms with E-state index in [0.717, 1.165) is 12.8 Å². The van der Waals surface area contributed by atoms with Crippen molar-refractivity contribution < 1.29 is 28.6 Å². The molecule has 0 amide bonds. The number of cyclic esters (lactones) is 1. The molecular formula is C18H28O6. The van der Waals surface area contributed by atoms with Crippen LogP contribution < -0.4 is 0 Å². The average Bonchev–Trinajstić information content (AvgIpc) is 2.80. The highest BCUT2D eigenvalue weighted by Gasteiger charge is 2.60. The Labute approximate surface area is 143 Å². The summed E-state index contributed by atoms with van der Waals surface area (Å²) in [4.78, 5) is 36.7. The van der Waals surface area contributed by atoms with E-state index in [9.17, 15) is 14.4 Å². The van der Waals surface area contributed by atoms with E-state index in [2.05, 4.69) is 0 Å². The van der Waals surface area contributed by atoms with Crippen molar-refractivity contribution in [3.8, 4) is 0 Å². The number of rotatable bonds is 4. The van der Waals surface area contributed by atoms with Crippen molar-refractivity contribution in [2.75, 3.05) is 6.61 Å². The first kappa shape index (κ1) is 18.7. The number of hydrogen-bond donors (Lipinski definition) is 0. The molecule has 6 nitrogen and oxygen atoms in total. The van der Waals surface area contributed by atoms with Crippen molar-refractivity contribution in [2.24, 2.45) is 16.7 Å². The molecule has 1 heterocycles. The Morgan fingerprint density at radius 1 is 1.17 bits per heavy atom. The van der Waals surface area contributed by atoms with E-state index in [1.54, 1.807) is 0 Å². The molecule has 3 unspecified atom stereocenters. The molecule has 1 aliphatic carbocycles. The second-order valence-corrected chi connectivity index (χ2v) is 8.41. The molecule has 0 radical (unpaired) electrons. The lowest BCUT2D eigenvalue weighted by Crippen LogP contribution is -2.57. The summed E-state index contributed by atoms with van der Waals surface area (Å²) in [6.45, 7) is 11.3. The van der Waals surface area contributed by atoms with Crippen LogP contribution in [0.5, 0.6) is 0 Å². The summed E-state index contributed by atoms with van der Waals surface area (Å²) in [7, 11) is 0. The van der Waals surface area contributed by atoms with Crippen LogP contribution >= 0.6 is 0 Å². The van der Waals surface area contributed by atoms with E-state index in [1.165, 1.54) is 13.8 Å². The minimum atomic E-state index is -1.45. The minimum absolute atomic E-state index is 0.196. The Bertz CT molecular complexity index is 544. The van der Waals surface area contributed by atoms with E-state index >= 15 is 0 Å². The molecule has 1 saturated carbocycles. The van der Waals surface area contributed by atoms with Crippen LogP contribution in [0.2, 0.25) is 0 Å². The summed E-state index contributed by atoms with van der Waals surface area (Å²) < 4.78 is 15.5. The Hall–Kier alpha value is -1.59. The fourth-order valence-electron chi connectivity index (χ4n) is 3.67. The molecule has 0 N–H and O–H groups in total. The van der Waals surface area contributed by atoms with Gasteiger partial charge in [-0.1, -0.05) is 27.7 Å². The zero-order valence-electron chi connectivity index (χ0n) is 15.4. The van der Waals surface area contributed by atoms with Gasteiger partial charge < -0.3 is 14.2 Å². The Balaban J connectivity index is 2.08. The zero-order valence-corrected chi connectivity index (χ0v) is 15.4. The van der Waals surface area contributed by atoms with Gasteiger partial charge in [0.05, 0.1) is 12.0 Å². The van der Waals surface area contributed by atoms with Crippen molar-refractivity contribution >= 4 is 17.9 Å². The highest BCUT2D eigenvalue weighted by molar-refractivity contribution is 5.88. The third-order valence-electron chi connectivity index (χ3n) is 5.49. The van der Waals surface area contributed by atoms with E-state index in [1.807, 2.05) is 27.7 Å². The molecule has 6 heteroatoms. The highest BCUT2D eigenvalue weighted by Crippen LogP contribution is 2.58. The fraction of sp³-hybridized carbons (Fsp3) is 0.833. The molecule has 0 spiro atoms. The molecule has 0 aromatic rings. The zero-order chi connectivity index (χ0) is 18.3. The van der Waals surface area contributed by atoms with Gasteiger partial charge in [-0.05, 0) is 38.0 Å². The normalized spacial score (nSPS) is 30.3. The molecule has 136 valence electrons. The molecule has 0 aromatic carbocycles. The maximum absolute atomic E-state index is 12.9. The van der Waals surface area contributed by atoms with E-state index in [4.69, 9.17) is 14.2 Å². The van der Waals surface area contributed by atoms with Gasteiger partial charge in [0.15, 0.2) is 0 Å². The summed E-state index contributed by atoms with van der Waals surface area (Å²) in [6.07, 6.45) is 1.13. The lowest BCUT2D eigenvalue weighted by Gasteiger charge is -2.54. The van der Waals surface area contributed by atoms with Crippen LogP contribution in [0.4, 0.5) is 0 Å². The van der Waals surface area contributed by atoms with Crippen LogP contribution in [0.1, 0.15) is 60.8 Å². The van der Waals surface area contributed by atoms with Gasteiger partial charge in [0, 0.05) is 6.42 Å². The predicted molar refractivity (Wildman–Crippen MR) is 85.9 cm³/mol. The Kier molecular flexibility index (Phi) is 4.72. The van der Waals surface area contributed by atoms with Crippen LogP contribution in [0, 0.1) is 16.7 Å². The quantitative estimate of drug-likeness (QED) is 0.578. The van der Waals surface area contributed by atoms with Gasteiger partial charge in [-0.3, -0.25) is 4.79 Å². The van der Waals surface area contributed by atoms with Crippen LogP contribution in [-0.4, -0.2) is 36.2 Å². The smallest absolute Gasteiger partial charge is 0.350 e. The molecule has 0 bridgehead atoms. The second-order valence-electron chi connectivity index (χ2n) is 8.41. The van der Waals surface area contributed by atoms with Gasteiger partial charge >= 0.3 is 17.9 Å². The first-order valence-electron chi connectivity index (χ1n) is 8.53. The first-order chi connectivity index (χ1) is 10.9. The van der Waals surface area contributed by atoms with E-state index < -0.39 is 29.1 Å². The predicted octanol–water partition coefficient (Wildman–Crippen LogP) is 2.63. The molecule has 2 aliphatic rings. The van der Waals surface area contributed by atoms with Gasteiger partial charge in [0.25, 0.3) is 0 Å². The van der Waals surface area contributed by atoms with Crippen molar-refractivity contribution in [3.05, 3.63) is 0 Å². The third-order valence-corrected chi connectivity index (χ3v) is 5.49. The van der Waals surface area contributed by atoms with Gasteiger partial charge in [0.2, 0.25) is 11.7 Å². The topological polar surface area (TPSA) is 78.9 Å². The number of carbonyl (C=O) groups excluding carboxylic acids is 3. The fourth-order valence-corrected chi connectivity index (χ4v) is 3.67. The molecule has 1 saturated heterocycles. The van der Waals surface area contributed by atoms with Gasteiger partial charge in [-0.25, -0.2) is 9.59 Å². The lowest BCUT2D eigenvalue weighted by molar-refractivity contribution is -0.204. The lowest BCUT2D eigenvalue weighted by atomic mass is 9.49. The van der Waals surface area contributed by atoms with Crippen LogP contribution in [0.25, 0.3) is 0 Å². The number of esters is 3. The monoisotopic (exact) mass is 340 g/mol. The molecule has 2 rings (SSSR count). The maximum Gasteiger partial charge on any atom is 0.350 e. The van der Waals surface area contributed by atoms with Crippen LogP contribution in [-0.2, 0) is 28.6 Å². The van der Waals surface area contributed by atoms with Crippen molar-refractivity contribution in [3.63, 3.8) is 0 Å². The van der Waals surface area contributed by atoms with Crippen LogP contribution in [0.3, 0.4) is 0 Å². The Morgan fingerprint density at radius 2 is 1.79 bits per heavy atom. The van der Waals surface area contributed by atoms with Crippen molar-refractivity contribution in [2.45, 2.75) is 72.5 Å². The molecular weight excluding hydrogens is 312 g/mol. The summed E-state index contributed by atoms with van der Waals surface area (Å²) in [6, 6.07) is 0. The molecule has 1 aliphatic heterocycles. The minimum Gasteiger partial charge on any atom is -0.463 e. The van der Waals surface area contributed by atoms with Gasteiger partial charge in [-0.2, -0.15) is 0 Å².